The molecule has 0 aromatic heterocycles. The topological polar surface area (TPSA) is 147 Å². The zero-order valence-corrected chi connectivity index (χ0v) is 14.4. The van der Waals surface area contributed by atoms with Crippen molar-refractivity contribution >= 4 is 27.6 Å². The summed E-state index contributed by atoms with van der Waals surface area (Å²) in [6, 6.07) is 4.32. The Morgan fingerprint density at radius 3 is 2.36 bits per heavy atom. The second-order valence-corrected chi connectivity index (χ2v) is 6.87. The van der Waals surface area contributed by atoms with Gasteiger partial charge in [-0.15, -0.1) is 0 Å². The first-order valence-electron chi connectivity index (χ1n) is 7.41. The summed E-state index contributed by atoms with van der Waals surface area (Å²) in [7, 11) is -3.92. The maximum Gasteiger partial charge on any atom is 0.323 e. The van der Waals surface area contributed by atoms with Crippen molar-refractivity contribution in [2.45, 2.75) is 24.7 Å². The molecular formula is C14H19N3O7S. The lowest BCUT2D eigenvalue weighted by molar-refractivity contribution is -0.384. The van der Waals surface area contributed by atoms with Crippen LogP contribution in [0.2, 0.25) is 0 Å². The number of nitro benzene ring substituents is 1. The van der Waals surface area contributed by atoms with Crippen molar-refractivity contribution < 1.29 is 28.0 Å². The molecule has 0 heterocycles. The predicted molar refractivity (Wildman–Crippen MR) is 87.4 cm³/mol. The Kier molecular flexibility index (Phi) is 7.45. The van der Waals surface area contributed by atoms with Gasteiger partial charge < -0.3 is 10.0 Å². The molecule has 138 valence electrons. The number of carbonyl (C=O) groups excluding carboxylic acids is 1. The number of aliphatic carboxylic acids is 1. The third-order valence-electron chi connectivity index (χ3n) is 3.16. The molecule has 0 saturated heterocycles. The minimum atomic E-state index is -3.92. The van der Waals surface area contributed by atoms with Crippen LogP contribution in [0.4, 0.5) is 5.69 Å². The molecule has 25 heavy (non-hydrogen) atoms. The van der Waals surface area contributed by atoms with E-state index in [1.54, 1.807) is 6.92 Å². The molecule has 0 aliphatic rings. The van der Waals surface area contributed by atoms with Gasteiger partial charge in [-0.25, -0.2) is 13.1 Å². The van der Waals surface area contributed by atoms with E-state index in [-0.39, 0.29) is 30.1 Å². The number of hydrogen-bond acceptors (Lipinski definition) is 6. The van der Waals surface area contributed by atoms with Crippen LogP contribution < -0.4 is 4.72 Å². The van der Waals surface area contributed by atoms with Crippen LogP contribution in [0.5, 0.6) is 0 Å². The third-order valence-corrected chi connectivity index (χ3v) is 4.64. The van der Waals surface area contributed by atoms with E-state index in [2.05, 4.69) is 4.72 Å². The molecule has 1 amide bonds. The quantitative estimate of drug-likeness (QED) is 0.450. The minimum absolute atomic E-state index is 0.165. The fourth-order valence-corrected chi connectivity index (χ4v) is 3.04. The number of carboxylic acid groups (broad SMARTS) is 1. The highest BCUT2D eigenvalue weighted by atomic mass is 32.2. The number of sulfonamides is 1. The summed E-state index contributed by atoms with van der Waals surface area (Å²) in [6.45, 7) is 1.40. The Morgan fingerprint density at radius 1 is 1.28 bits per heavy atom. The van der Waals surface area contributed by atoms with Gasteiger partial charge in [0.2, 0.25) is 15.9 Å². The average molecular weight is 373 g/mol. The van der Waals surface area contributed by atoms with Crippen molar-refractivity contribution in [3.05, 3.63) is 34.4 Å². The Morgan fingerprint density at radius 2 is 1.88 bits per heavy atom. The maximum absolute atomic E-state index is 12.1. The van der Waals surface area contributed by atoms with Crippen molar-refractivity contribution in [3.63, 3.8) is 0 Å². The summed E-state index contributed by atoms with van der Waals surface area (Å²) in [5.74, 6) is -1.62. The lowest BCUT2D eigenvalue weighted by Gasteiger charge is -2.19. The van der Waals surface area contributed by atoms with Crippen molar-refractivity contribution in [1.29, 1.82) is 0 Å². The van der Waals surface area contributed by atoms with Crippen LogP contribution >= 0.6 is 0 Å². The molecule has 11 heteroatoms. The molecule has 2 N–H and O–H groups in total. The fraction of sp³-hybridized carbons (Fsp3) is 0.429. The maximum atomic E-state index is 12.1. The van der Waals surface area contributed by atoms with Gasteiger partial charge in [0.15, 0.2) is 0 Å². The first-order valence-corrected chi connectivity index (χ1v) is 8.89. The summed E-state index contributed by atoms with van der Waals surface area (Å²) >= 11 is 0. The van der Waals surface area contributed by atoms with Gasteiger partial charge in [0.1, 0.15) is 6.54 Å². The highest BCUT2D eigenvalue weighted by molar-refractivity contribution is 7.89. The number of benzene rings is 1. The number of nitrogens with zero attached hydrogens (tertiary/aromatic N) is 2. The van der Waals surface area contributed by atoms with Gasteiger partial charge in [0.05, 0.1) is 9.82 Å². The van der Waals surface area contributed by atoms with Gasteiger partial charge in [-0.2, -0.15) is 0 Å². The number of nitro groups is 1. The van der Waals surface area contributed by atoms with Gasteiger partial charge in [-0.05, 0) is 18.6 Å². The van der Waals surface area contributed by atoms with Gasteiger partial charge in [0.25, 0.3) is 5.69 Å². The van der Waals surface area contributed by atoms with E-state index < -0.39 is 33.4 Å². The number of rotatable bonds is 10. The van der Waals surface area contributed by atoms with Crippen LogP contribution in [-0.4, -0.2) is 54.9 Å². The highest BCUT2D eigenvalue weighted by Crippen LogP contribution is 2.15. The Hall–Kier alpha value is -2.53. The molecule has 0 aliphatic carbocycles. The number of nitrogens with one attached hydrogen (secondary N) is 1. The van der Waals surface area contributed by atoms with E-state index in [1.165, 1.54) is 0 Å². The summed E-state index contributed by atoms with van der Waals surface area (Å²) in [6.07, 6.45) is 0.382. The molecule has 0 saturated carbocycles. The van der Waals surface area contributed by atoms with E-state index in [0.717, 1.165) is 29.2 Å². The molecule has 0 radical (unpaired) electrons. The van der Waals surface area contributed by atoms with Crippen LogP contribution in [0.3, 0.4) is 0 Å². The summed E-state index contributed by atoms with van der Waals surface area (Å²) in [5.41, 5.74) is -0.238. The molecule has 0 aliphatic heterocycles. The van der Waals surface area contributed by atoms with Gasteiger partial charge in [-0.1, -0.05) is 6.92 Å². The van der Waals surface area contributed by atoms with Crippen LogP contribution in [0.1, 0.15) is 19.8 Å². The van der Waals surface area contributed by atoms with E-state index >= 15 is 0 Å². The molecule has 1 aromatic carbocycles. The van der Waals surface area contributed by atoms with Crippen LogP contribution in [-0.2, 0) is 19.6 Å². The van der Waals surface area contributed by atoms with E-state index in [4.69, 9.17) is 5.11 Å². The normalized spacial score (nSPS) is 11.1. The number of non-ortho nitro benzene ring substituents is 1. The molecule has 0 atom stereocenters. The van der Waals surface area contributed by atoms with Gasteiger partial charge in [-0.3, -0.25) is 19.7 Å². The summed E-state index contributed by atoms with van der Waals surface area (Å²) in [5, 5.41) is 19.3. The lowest BCUT2D eigenvalue weighted by Crippen LogP contribution is -2.38. The number of amides is 1. The Labute approximate surface area is 144 Å². The fourth-order valence-electron chi connectivity index (χ4n) is 2.01. The molecule has 0 spiro atoms. The van der Waals surface area contributed by atoms with Crippen LogP contribution in [0.15, 0.2) is 29.2 Å². The second-order valence-electron chi connectivity index (χ2n) is 5.11. The largest absolute Gasteiger partial charge is 0.480 e. The molecule has 0 fully saturated rings. The van der Waals surface area contributed by atoms with Gasteiger partial charge in [0, 0.05) is 31.6 Å². The first kappa shape index (κ1) is 20.5. The zero-order chi connectivity index (χ0) is 19.0. The Balaban J connectivity index is 2.64. The number of hydrogen-bond donors (Lipinski definition) is 2. The van der Waals surface area contributed by atoms with Crippen molar-refractivity contribution in [2.24, 2.45) is 0 Å². The van der Waals surface area contributed by atoms with Crippen LogP contribution in [0, 0.1) is 10.1 Å². The monoisotopic (exact) mass is 373 g/mol. The average Bonchev–Trinajstić information content (AvgIpc) is 2.53. The van der Waals surface area contributed by atoms with Crippen molar-refractivity contribution in [2.75, 3.05) is 19.6 Å². The first-order chi connectivity index (χ1) is 11.7. The van der Waals surface area contributed by atoms with Crippen molar-refractivity contribution in [1.82, 2.24) is 9.62 Å². The summed E-state index contributed by atoms with van der Waals surface area (Å²) < 4.78 is 26.3. The number of carbonyl (C=O) groups is 2. The molecular weight excluding hydrogens is 354 g/mol. The predicted octanol–water partition coefficient (Wildman–Crippen LogP) is 0.586. The minimum Gasteiger partial charge on any atom is -0.480 e. The van der Waals surface area contributed by atoms with E-state index in [0.29, 0.717) is 6.42 Å². The molecule has 1 rings (SSSR count). The summed E-state index contributed by atoms with van der Waals surface area (Å²) in [4.78, 5) is 33.6. The van der Waals surface area contributed by atoms with Crippen LogP contribution in [0.25, 0.3) is 0 Å². The third kappa shape index (κ3) is 6.47. The molecule has 0 unspecified atom stereocenters. The molecule has 0 bridgehead atoms. The zero-order valence-electron chi connectivity index (χ0n) is 13.5. The highest BCUT2D eigenvalue weighted by Gasteiger charge is 2.19. The molecule has 1 aromatic rings. The van der Waals surface area contributed by atoms with Crippen molar-refractivity contribution in [3.8, 4) is 0 Å². The Bertz CT molecular complexity index is 731. The lowest BCUT2D eigenvalue weighted by atomic mass is 10.3. The smallest absolute Gasteiger partial charge is 0.323 e. The second kappa shape index (κ2) is 9.08. The standard InChI is InChI=1S/C14H19N3O7S/c1-2-9-16(10-14(19)20)13(18)7-8-15-25(23,24)12-5-3-11(4-6-12)17(21)22/h3-6,15H,2,7-10H2,1H3,(H,19,20). The van der Waals surface area contributed by atoms with Gasteiger partial charge >= 0.3 is 5.97 Å². The van der Waals surface area contributed by atoms with E-state index in [9.17, 15) is 28.1 Å². The van der Waals surface area contributed by atoms with E-state index in [1.807, 2.05) is 0 Å². The number of carboxylic acids is 1. The SMILES string of the molecule is CCCN(CC(=O)O)C(=O)CCNS(=O)(=O)c1ccc([N+](=O)[O-])cc1. The molecule has 10 nitrogen and oxygen atoms in total.